The molecule has 138 valence electrons. The average molecular weight is 361 g/mol. The van der Waals surface area contributed by atoms with Crippen molar-refractivity contribution in [3.05, 3.63) is 47.5 Å². The van der Waals surface area contributed by atoms with Gasteiger partial charge in [-0.3, -0.25) is 0 Å². The Morgan fingerprint density at radius 2 is 1.52 bits per heavy atom. The van der Waals surface area contributed by atoms with Gasteiger partial charge in [0.2, 0.25) is 0 Å². The Hall–Kier alpha value is -0.790. The van der Waals surface area contributed by atoms with Crippen molar-refractivity contribution in [2.45, 2.75) is 76.9 Å². The lowest BCUT2D eigenvalue weighted by atomic mass is 9.70. The predicted octanol–water partition coefficient (Wildman–Crippen LogP) is 7.19. The molecule has 0 amide bonds. The third-order valence-corrected chi connectivity index (χ3v) is 6.71. The molecule has 0 radical (unpaired) electrons. The molecule has 0 aromatic heterocycles. The maximum absolute atomic E-state index is 6.15. The molecule has 1 aromatic carbocycles. The van der Waals surface area contributed by atoms with E-state index in [0.29, 0.717) is 6.10 Å². The second kappa shape index (κ2) is 9.78. The maximum atomic E-state index is 6.15. The number of benzene rings is 1. The molecule has 0 N–H and O–H groups in total. The van der Waals surface area contributed by atoms with Crippen molar-refractivity contribution >= 4 is 11.6 Å². The maximum Gasteiger partial charge on any atom is 0.0720 e. The molecule has 2 aliphatic carbocycles. The first-order valence-electron chi connectivity index (χ1n) is 10.2. The highest BCUT2D eigenvalue weighted by atomic mass is 35.5. The van der Waals surface area contributed by atoms with E-state index in [2.05, 4.69) is 24.8 Å². The summed E-state index contributed by atoms with van der Waals surface area (Å²) in [6, 6.07) is 8.03. The summed E-state index contributed by atoms with van der Waals surface area (Å²) in [5.74, 6) is 2.90. The minimum atomic E-state index is 0.454. The van der Waals surface area contributed by atoms with E-state index < -0.39 is 0 Å². The van der Waals surface area contributed by atoms with Gasteiger partial charge in [-0.2, -0.15) is 0 Å². The molecule has 2 fully saturated rings. The monoisotopic (exact) mass is 360 g/mol. The second-order valence-corrected chi connectivity index (χ2v) is 8.56. The summed E-state index contributed by atoms with van der Waals surface area (Å²) in [5, 5.41) is 0.795. The Morgan fingerprint density at radius 3 is 2.12 bits per heavy atom. The molecule has 0 spiro atoms. The molecular weight excluding hydrogens is 328 g/mol. The summed E-state index contributed by atoms with van der Waals surface area (Å²) in [7, 11) is 0. The molecule has 1 nitrogen and oxygen atoms in total. The smallest absolute Gasteiger partial charge is 0.0720 e. The molecule has 0 saturated heterocycles. The first kappa shape index (κ1) is 19.0. The SMILES string of the molecule is C=CCCC1CCC(C2CCC(OCc3ccc(Cl)cc3)CC2)CC1. The first-order valence-corrected chi connectivity index (χ1v) is 10.6. The van der Waals surface area contributed by atoms with E-state index in [-0.39, 0.29) is 0 Å². The summed E-state index contributed by atoms with van der Waals surface area (Å²) in [5.41, 5.74) is 1.23. The number of ether oxygens (including phenoxy) is 1. The van der Waals surface area contributed by atoms with E-state index in [1.807, 2.05) is 12.1 Å². The quantitative estimate of drug-likeness (QED) is 0.467. The van der Waals surface area contributed by atoms with Gasteiger partial charge in [-0.05, 0) is 86.8 Å². The molecule has 0 atom stereocenters. The van der Waals surface area contributed by atoms with E-state index in [4.69, 9.17) is 16.3 Å². The van der Waals surface area contributed by atoms with E-state index in [9.17, 15) is 0 Å². The number of allylic oxidation sites excluding steroid dienone is 1. The molecule has 3 rings (SSSR count). The number of halogens is 1. The van der Waals surface area contributed by atoms with Crippen LogP contribution in [0.5, 0.6) is 0 Å². The van der Waals surface area contributed by atoms with Crippen molar-refractivity contribution < 1.29 is 4.74 Å². The zero-order chi connectivity index (χ0) is 17.5. The summed E-state index contributed by atoms with van der Waals surface area (Å²) in [4.78, 5) is 0. The van der Waals surface area contributed by atoms with E-state index in [1.54, 1.807) is 0 Å². The summed E-state index contributed by atoms with van der Waals surface area (Å²) in [6.45, 7) is 4.58. The molecule has 1 aromatic rings. The topological polar surface area (TPSA) is 9.23 Å². The van der Waals surface area contributed by atoms with Gasteiger partial charge >= 0.3 is 0 Å². The molecule has 0 unspecified atom stereocenters. The molecule has 2 aliphatic rings. The van der Waals surface area contributed by atoms with Crippen LogP contribution < -0.4 is 0 Å². The van der Waals surface area contributed by atoms with Crippen LogP contribution in [0.25, 0.3) is 0 Å². The molecule has 0 aliphatic heterocycles. The van der Waals surface area contributed by atoms with Gasteiger partial charge in [0, 0.05) is 5.02 Å². The standard InChI is InChI=1S/C23H33ClO/c1-2-3-4-18-5-9-20(10-6-18)21-11-15-23(16-12-21)25-17-19-7-13-22(24)14-8-19/h2,7-8,13-14,18,20-21,23H,1,3-6,9-12,15-17H2. The highest BCUT2D eigenvalue weighted by molar-refractivity contribution is 6.30. The fourth-order valence-corrected chi connectivity index (χ4v) is 4.95. The van der Waals surface area contributed by atoms with Crippen LogP contribution in [0.3, 0.4) is 0 Å². The second-order valence-electron chi connectivity index (χ2n) is 8.12. The highest BCUT2D eigenvalue weighted by Gasteiger charge is 2.30. The molecule has 0 heterocycles. The van der Waals surface area contributed by atoms with Gasteiger partial charge in [0.1, 0.15) is 0 Å². The van der Waals surface area contributed by atoms with E-state index in [0.717, 1.165) is 29.4 Å². The molecule has 2 saturated carbocycles. The third-order valence-electron chi connectivity index (χ3n) is 6.45. The minimum absolute atomic E-state index is 0.454. The van der Waals surface area contributed by atoms with Gasteiger partial charge in [0.15, 0.2) is 0 Å². The molecule has 25 heavy (non-hydrogen) atoms. The minimum Gasteiger partial charge on any atom is -0.374 e. The zero-order valence-corrected chi connectivity index (χ0v) is 16.2. The summed E-state index contributed by atoms with van der Waals surface area (Å²) >= 11 is 5.94. The zero-order valence-electron chi connectivity index (χ0n) is 15.5. The fourth-order valence-electron chi connectivity index (χ4n) is 4.82. The van der Waals surface area contributed by atoms with Gasteiger partial charge in [-0.15, -0.1) is 6.58 Å². The molecule has 2 heteroatoms. The van der Waals surface area contributed by atoms with Gasteiger partial charge in [0.05, 0.1) is 12.7 Å². The predicted molar refractivity (Wildman–Crippen MR) is 107 cm³/mol. The average Bonchev–Trinajstić information content (AvgIpc) is 2.67. The van der Waals surface area contributed by atoms with E-state index in [1.165, 1.54) is 69.8 Å². The van der Waals surface area contributed by atoms with Crippen LogP contribution in [0, 0.1) is 17.8 Å². The fraction of sp³-hybridized carbons (Fsp3) is 0.652. The molecule has 0 bridgehead atoms. The third kappa shape index (κ3) is 5.86. The number of hydrogen-bond donors (Lipinski definition) is 0. The van der Waals surface area contributed by atoms with Gasteiger partial charge in [0.25, 0.3) is 0 Å². The van der Waals surface area contributed by atoms with Gasteiger partial charge < -0.3 is 4.74 Å². The Kier molecular flexibility index (Phi) is 7.43. The van der Waals surface area contributed by atoms with Crippen LogP contribution in [-0.4, -0.2) is 6.10 Å². The lowest BCUT2D eigenvalue weighted by Gasteiger charge is -2.37. The number of rotatable bonds is 7. The van der Waals surface area contributed by atoms with Crippen molar-refractivity contribution in [3.63, 3.8) is 0 Å². The normalized spacial score (nSPS) is 30.1. The summed E-state index contributed by atoms with van der Waals surface area (Å²) < 4.78 is 6.15. The largest absolute Gasteiger partial charge is 0.374 e. The van der Waals surface area contributed by atoms with Crippen LogP contribution in [0.4, 0.5) is 0 Å². The Labute approximate surface area is 158 Å². The van der Waals surface area contributed by atoms with E-state index >= 15 is 0 Å². The van der Waals surface area contributed by atoms with Crippen LogP contribution in [0.15, 0.2) is 36.9 Å². The van der Waals surface area contributed by atoms with Crippen molar-refractivity contribution in [1.82, 2.24) is 0 Å². The van der Waals surface area contributed by atoms with Crippen LogP contribution in [-0.2, 0) is 11.3 Å². The Balaban J connectivity index is 1.34. The van der Waals surface area contributed by atoms with Crippen molar-refractivity contribution in [2.24, 2.45) is 17.8 Å². The Bertz CT molecular complexity index is 507. The number of hydrogen-bond acceptors (Lipinski definition) is 1. The van der Waals surface area contributed by atoms with Gasteiger partial charge in [-0.25, -0.2) is 0 Å². The Morgan fingerprint density at radius 1 is 0.920 bits per heavy atom. The first-order chi connectivity index (χ1) is 12.2. The van der Waals surface area contributed by atoms with Gasteiger partial charge in [-0.1, -0.05) is 42.7 Å². The van der Waals surface area contributed by atoms with Crippen molar-refractivity contribution in [2.75, 3.05) is 0 Å². The summed E-state index contributed by atoms with van der Waals surface area (Å²) in [6.07, 6.45) is 16.1. The van der Waals surface area contributed by atoms with Crippen molar-refractivity contribution in [1.29, 1.82) is 0 Å². The van der Waals surface area contributed by atoms with Crippen LogP contribution in [0.2, 0.25) is 5.02 Å². The van der Waals surface area contributed by atoms with Crippen LogP contribution in [0.1, 0.15) is 69.8 Å². The highest BCUT2D eigenvalue weighted by Crippen LogP contribution is 2.41. The lowest BCUT2D eigenvalue weighted by molar-refractivity contribution is -0.00282. The van der Waals surface area contributed by atoms with Crippen molar-refractivity contribution in [3.8, 4) is 0 Å². The molecular formula is C23H33ClO. The van der Waals surface area contributed by atoms with Crippen LogP contribution >= 0.6 is 11.6 Å². The lowest BCUT2D eigenvalue weighted by Crippen LogP contribution is -2.28.